The number of hydrogen-bond donors (Lipinski definition) is 2. The van der Waals surface area contributed by atoms with Gasteiger partial charge in [-0.1, -0.05) is 6.07 Å². The molecule has 0 aliphatic rings. The van der Waals surface area contributed by atoms with Crippen LogP contribution in [0.5, 0.6) is 5.75 Å². The summed E-state index contributed by atoms with van der Waals surface area (Å²) in [6.45, 7) is -0.604. The lowest BCUT2D eigenvalue weighted by molar-refractivity contribution is -0.143. The lowest BCUT2D eigenvalue weighted by atomic mass is 10.2. The predicted molar refractivity (Wildman–Crippen MR) is 75.5 cm³/mol. The third-order valence-corrected chi connectivity index (χ3v) is 2.41. The Morgan fingerprint density at radius 1 is 1.32 bits per heavy atom. The van der Waals surface area contributed by atoms with Crippen molar-refractivity contribution in [2.75, 3.05) is 20.8 Å². The fourth-order valence-electron chi connectivity index (χ4n) is 1.36. The Labute approximate surface area is 126 Å². The molecule has 0 saturated carbocycles. The maximum absolute atomic E-state index is 13.4. The number of hydrogen-bond acceptors (Lipinski definition) is 5. The Balaban J connectivity index is 2.49. The van der Waals surface area contributed by atoms with Crippen LogP contribution in [0.25, 0.3) is 6.08 Å². The second kappa shape index (κ2) is 8.40. The molecule has 118 valence electrons. The van der Waals surface area contributed by atoms with Crippen LogP contribution in [0.3, 0.4) is 0 Å². The minimum Gasteiger partial charge on any atom is -0.494 e. The molecule has 1 aromatic rings. The van der Waals surface area contributed by atoms with Gasteiger partial charge in [0, 0.05) is 13.1 Å². The van der Waals surface area contributed by atoms with Crippen LogP contribution in [-0.4, -0.2) is 38.7 Å². The zero-order valence-electron chi connectivity index (χ0n) is 12.0. The van der Waals surface area contributed by atoms with Crippen molar-refractivity contribution in [2.45, 2.75) is 0 Å². The number of nitrogens with one attached hydrogen (secondary N) is 2. The molecule has 0 atom stereocenters. The number of urea groups is 1. The summed E-state index contributed by atoms with van der Waals surface area (Å²) in [5.74, 6) is -2.05. The van der Waals surface area contributed by atoms with E-state index in [1.165, 1.54) is 32.4 Å². The Bertz CT molecular complexity index is 601. The lowest BCUT2D eigenvalue weighted by Gasteiger charge is -2.03. The molecule has 0 radical (unpaired) electrons. The van der Waals surface area contributed by atoms with Crippen LogP contribution in [-0.2, 0) is 14.3 Å². The number of carbonyl (C=O) groups excluding carboxylic acids is 3. The molecule has 0 aliphatic carbocycles. The van der Waals surface area contributed by atoms with E-state index in [-0.39, 0.29) is 5.75 Å². The van der Waals surface area contributed by atoms with E-state index in [2.05, 4.69) is 10.1 Å². The van der Waals surface area contributed by atoms with Crippen LogP contribution in [0.1, 0.15) is 5.56 Å². The maximum atomic E-state index is 13.4. The number of carbonyl (C=O) groups is 3. The molecule has 0 unspecified atom stereocenters. The third-order valence-electron chi connectivity index (χ3n) is 2.41. The van der Waals surface area contributed by atoms with Gasteiger partial charge >= 0.3 is 12.0 Å². The fourth-order valence-corrected chi connectivity index (χ4v) is 1.36. The number of amides is 3. The normalized spacial score (nSPS) is 10.1. The molecule has 0 aromatic heterocycles. The lowest BCUT2D eigenvalue weighted by Crippen LogP contribution is -2.39. The van der Waals surface area contributed by atoms with E-state index in [1.54, 1.807) is 6.07 Å². The molecule has 0 aliphatic heterocycles. The minimum atomic E-state index is -0.803. The average Bonchev–Trinajstić information content (AvgIpc) is 2.50. The second-order valence-electron chi connectivity index (χ2n) is 3.96. The highest BCUT2D eigenvalue weighted by Crippen LogP contribution is 2.18. The quantitative estimate of drug-likeness (QED) is 0.621. The van der Waals surface area contributed by atoms with Crippen LogP contribution < -0.4 is 15.4 Å². The van der Waals surface area contributed by atoms with Gasteiger partial charge in [0.15, 0.2) is 18.2 Å². The third kappa shape index (κ3) is 5.61. The molecule has 7 nitrogen and oxygen atoms in total. The van der Waals surface area contributed by atoms with Crippen molar-refractivity contribution < 1.29 is 28.2 Å². The van der Waals surface area contributed by atoms with E-state index < -0.39 is 30.3 Å². The predicted octanol–water partition coefficient (Wildman–Crippen LogP) is 0.846. The largest absolute Gasteiger partial charge is 0.494 e. The highest BCUT2D eigenvalue weighted by molar-refractivity contribution is 5.96. The van der Waals surface area contributed by atoms with E-state index in [4.69, 9.17) is 4.74 Å². The summed E-state index contributed by atoms with van der Waals surface area (Å²) >= 11 is 0. The van der Waals surface area contributed by atoms with Crippen molar-refractivity contribution in [3.8, 4) is 5.75 Å². The first-order valence-electron chi connectivity index (χ1n) is 6.16. The Kier molecular flexibility index (Phi) is 6.55. The molecule has 1 rings (SSSR count). The molecule has 0 spiro atoms. The Hall–Kier alpha value is -2.90. The van der Waals surface area contributed by atoms with Crippen LogP contribution in [0, 0.1) is 5.82 Å². The van der Waals surface area contributed by atoms with Crippen molar-refractivity contribution in [1.29, 1.82) is 0 Å². The zero-order chi connectivity index (χ0) is 16.5. The standard InChI is InChI=1S/C14H15FN2O5/c1-16-14(20)17-12(18)8-22-13(19)6-4-9-3-5-11(21-2)10(15)7-9/h3-7H,8H2,1-2H3,(H2,16,17,18,20)/b6-4+. The Morgan fingerprint density at radius 3 is 2.64 bits per heavy atom. The van der Waals surface area contributed by atoms with Gasteiger partial charge in [0.2, 0.25) is 0 Å². The Morgan fingerprint density at radius 2 is 2.05 bits per heavy atom. The monoisotopic (exact) mass is 310 g/mol. The second-order valence-corrected chi connectivity index (χ2v) is 3.96. The number of benzene rings is 1. The first kappa shape index (κ1) is 17.2. The smallest absolute Gasteiger partial charge is 0.331 e. The first-order chi connectivity index (χ1) is 10.5. The molecule has 0 fully saturated rings. The molecule has 0 heterocycles. The summed E-state index contributed by atoms with van der Waals surface area (Å²) in [4.78, 5) is 33.4. The highest BCUT2D eigenvalue weighted by atomic mass is 19.1. The summed E-state index contributed by atoms with van der Waals surface area (Å²) < 4.78 is 22.8. The molecular weight excluding hydrogens is 295 g/mol. The molecule has 0 saturated heterocycles. The van der Waals surface area contributed by atoms with Gasteiger partial charge in [-0.2, -0.15) is 0 Å². The molecule has 22 heavy (non-hydrogen) atoms. The summed E-state index contributed by atoms with van der Waals surface area (Å²) in [6, 6.07) is 3.44. The summed E-state index contributed by atoms with van der Waals surface area (Å²) in [5, 5.41) is 4.10. The van der Waals surface area contributed by atoms with Crippen molar-refractivity contribution >= 4 is 24.0 Å². The first-order valence-corrected chi connectivity index (χ1v) is 6.16. The zero-order valence-corrected chi connectivity index (χ0v) is 12.0. The molecular formula is C14H15FN2O5. The molecule has 0 bridgehead atoms. The van der Waals surface area contributed by atoms with Crippen molar-refractivity contribution in [1.82, 2.24) is 10.6 Å². The van der Waals surface area contributed by atoms with Gasteiger partial charge in [0.1, 0.15) is 0 Å². The summed E-state index contributed by atoms with van der Waals surface area (Å²) in [7, 11) is 2.68. The van der Waals surface area contributed by atoms with E-state index in [9.17, 15) is 18.8 Å². The summed E-state index contributed by atoms with van der Waals surface area (Å²) in [5.41, 5.74) is 0.421. The van der Waals surface area contributed by atoms with Crippen molar-refractivity contribution in [3.63, 3.8) is 0 Å². The number of methoxy groups -OCH3 is 1. The van der Waals surface area contributed by atoms with Crippen LogP contribution in [0.2, 0.25) is 0 Å². The van der Waals surface area contributed by atoms with Gasteiger partial charge < -0.3 is 14.8 Å². The molecule has 2 N–H and O–H groups in total. The van der Waals surface area contributed by atoms with E-state index in [0.29, 0.717) is 5.56 Å². The average molecular weight is 310 g/mol. The minimum absolute atomic E-state index is 0.0885. The number of halogens is 1. The van der Waals surface area contributed by atoms with Crippen LogP contribution in [0.15, 0.2) is 24.3 Å². The number of imide groups is 1. The van der Waals surface area contributed by atoms with E-state index >= 15 is 0 Å². The van der Waals surface area contributed by atoms with Crippen LogP contribution >= 0.6 is 0 Å². The molecule has 8 heteroatoms. The number of esters is 1. The van der Waals surface area contributed by atoms with Gasteiger partial charge in [-0.3, -0.25) is 10.1 Å². The van der Waals surface area contributed by atoms with Gasteiger partial charge in [-0.05, 0) is 23.8 Å². The van der Waals surface area contributed by atoms with Gasteiger partial charge in [-0.25, -0.2) is 14.0 Å². The van der Waals surface area contributed by atoms with E-state index in [0.717, 1.165) is 6.08 Å². The van der Waals surface area contributed by atoms with Crippen molar-refractivity contribution in [3.05, 3.63) is 35.7 Å². The van der Waals surface area contributed by atoms with Crippen molar-refractivity contribution in [2.24, 2.45) is 0 Å². The molecule has 1 aromatic carbocycles. The van der Waals surface area contributed by atoms with E-state index in [1.807, 2.05) is 5.32 Å². The van der Waals surface area contributed by atoms with Gasteiger partial charge in [0.05, 0.1) is 7.11 Å². The fraction of sp³-hybridized carbons (Fsp3) is 0.214. The van der Waals surface area contributed by atoms with Gasteiger partial charge in [0.25, 0.3) is 5.91 Å². The SMILES string of the molecule is CNC(=O)NC(=O)COC(=O)/C=C/c1ccc(OC)c(F)c1. The molecule has 3 amide bonds. The topological polar surface area (TPSA) is 93.7 Å². The van der Waals surface area contributed by atoms with Crippen LogP contribution in [0.4, 0.5) is 9.18 Å². The number of ether oxygens (including phenoxy) is 2. The summed E-state index contributed by atoms with van der Waals surface area (Å²) in [6.07, 6.45) is 2.36. The number of rotatable bonds is 5. The van der Waals surface area contributed by atoms with Gasteiger partial charge in [-0.15, -0.1) is 0 Å². The highest BCUT2D eigenvalue weighted by Gasteiger charge is 2.08. The maximum Gasteiger partial charge on any atom is 0.331 e.